The van der Waals surface area contributed by atoms with Crippen LogP contribution in [0.1, 0.15) is 90.9 Å². The van der Waals surface area contributed by atoms with Crippen LogP contribution in [-0.2, 0) is 17.9 Å². The number of phosphoric acid groups is 1. The summed E-state index contributed by atoms with van der Waals surface area (Å²) in [5, 5.41) is 0. The van der Waals surface area contributed by atoms with E-state index in [1.165, 1.54) is 51.4 Å². The average molecular weight is 413 g/mol. The molecular formula is C20H46O4P2. The van der Waals surface area contributed by atoms with Crippen LogP contribution in [-0.4, -0.2) is 39.9 Å². The van der Waals surface area contributed by atoms with E-state index in [0.29, 0.717) is 13.2 Å². The van der Waals surface area contributed by atoms with E-state index in [-0.39, 0.29) is 0 Å². The minimum atomic E-state index is -3.47. The predicted molar refractivity (Wildman–Crippen MR) is 118 cm³/mol. The zero-order chi connectivity index (χ0) is 20.0. The average Bonchev–Trinajstić information content (AvgIpc) is 2.51. The number of unbranched alkanes of at least 4 members (excludes halogenated alkanes) is 10. The standard InChI is InChI=1S/C20H46O4P2/c1-7-9-11-13-15-17-19-22-25(21,24-26(3,4,5)6)23-20-18-16-14-12-10-8-2/h7-20H2,1-6H3. The Bertz CT molecular complexity index is 360. The van der Waals surface area contributed by atoms with Crippen molar-refractivity contribution < 1.29 is 17.9 Å². The van der Waals surface area contributed by atoms with E-state index >= 15 is 0 Å². The van der Waals surface area contributed by atoms with Crippen LogP contribution in [0.5, 0.6) is 0 Å². The summed E-state index contributed by atoms with van der Waals surface area (Å²) >= 11 is 0. The van der Waals surface area contributed by atoms with Crippen LogP contribution < -0.4 is 0 Å². The van der Waals surface area contributed by atoms with Crippen molar-refractivity contribution in [2.75, 3.05) is 39.9 Å². The fraction of sp³-hybridized carbons (Fsp3) is 1.00. The second kappa shape index (κ2) is 13.7. The predicted octanol–water partition coefficient (Wildman–Crippen LogP) is 7.85. The van der Waals surface area contributed by atoms with E-state index in [9.17, 15) is 4.57 Å². The van der Waals surface area contributed by atoms with Gasteiger partial charge in [0.05, 0.1) is 0 Å². The second-order valence-electron chi connectivity index (χ2n) is 9.14. The summed E-state index contributed by atoms with van der Waals surface area (Å²) in [6, 6.07) is 0. The van der Waals surface area contributed by atoms with Gasteiger partial charge in [-0.05, 0) is 0 Å². The minimum absolute atomic E-state index is 0.451. The topological polar surface area (TPSA) is 44.8 Å². The van der Waals surface area contributed by atoms with Gasteiger partial charge in [-0.15, -0.1) is 0 Å². The van der Waals surface area contributed by atoms with Crippen LogP contribution in [0.3, 0.4) is 0 Å². The number of rotatable bonds is 18. The van der Waals surface area contributed by atoms with Gasteiger partial charge in [0, 0.05) is 0 Å². The molecule has 0 saturated carbocycles. The summed E-state index contributed by atoms with van der Waals surface area (Å²) in [5.74, 6) is 0. The zero-order valence-electron chi connectivity index (χ0n) is 18.4. The SMILES string of the molecule is CCCCCCCCOP(=O)(OCCCCCCCC)OP(C)(C)(C)C. The first-order valence-corrected chi connectivity index (χ1v) is 16.1. The third-order valence-electron chi connectivity index (χ3n) is 3.92. The molecule has 6 heteroatoms. The first kappa shape index (κ1) is 26.5. The maximum atomic E-state index is 13.1. The van der Waals surface area contributed by atoms with Crippen molar-refractivity contribution in [3.05, 3.63) is 0 Å². The molecule has 0 aliphatic rings. The van der Waals surface area contributed by atoms with Crippen molar-refractivity contribution in [2.24, 2.45) is 0 Å². The van der Waals surface area contributed by atoms with E-state index < -0.39 is 14.7 Å². The molecule has 0 bridgehead atoms. The molecule has 4 nitrogen and oxygen atoms in total. The van der Waals surface area contributed by atoms with E-state index in [1.807, 2.05) is 26.7 Å². The monoisotopic (exact) mass is 412 g/mol. The van der Waals surface area contributed by atoms with Crippen molar-refractivity contribution >= 4 is 14.7 Å². The van der Waals surface area contributed by atoms with Crippen LogP contribution >= 0.6 is 14.7 Å². The summed E-state index contributed by atoms with van der Waals surface area (Å²) in [6.07, 6.45) is 14.1. The molecule has 0 saturated heterocycles. The van der Waals surface area contributed by atoms with Crippen LogP contribution in [0.4, 0.5) is 0 Å². The van der Waals surface area contributed by atoms with Crippen LogP contribution in [0.15, 0.2) is 0 Å². The Morgan fingerprint density at radius 2 is 0.962 bits per heavy atom. The Hall–Kier alpha value is 0.540. The Morgan fingerprint density at radius 3 is 1.31 bits per heavy atom. The van der Waals surface area contributed by atoms with Gasteiger partial charge in [0.25, 0.3) is 0 Å². The summed E-state index contributed by atoms with van der Waals surface area (Å²) in [5.41, 5.74) is 0. The Kier molecular flexibility index (Phi) is 14.0. The molecule has 160 valence electrons. The molecule has 0 N–H and O–H groups in total. The first-order chi connectivity index (χ1) is 12.1. The van der Waals surface area contributed by atoms with Crippen LogP contribution in [0.25, 0.3) is 0 Å². The third-order valence-corrected chi connectivity index (χ3v) is 8.33. The van der Waals surface area contributed by atoms with Crippen molar-refractivity contribution in [1.29, 1.82) is 0 Å². The van der Waals surface area contributed by atoms with E-state index in [2.05, 4.69) is 13.8 Å². The summed E-state index contributed by atoms with van der Waals surface area (Å²) in [7, 11) is -3.47. The fourth-order valence-electron chi connectivity index (χ4n) is 2.60. The molecule has 0 aromatic heterocycles. The van der Waals surface area contributed by atoms with Gasteiger partial charge >= 0.3 is 163 Å². The van der Waals surface area contributed by atoms with Crippen molar-refractivity contribution in [2.45, 2.75) is 90.9 Å². The molecule has 0 heterocycles. The van der Waals surface area contributed by atoms with E-state index in [1.54, 1.807) is 0 Å². The molecule has 0 spiro atoms. The number of hydrogen-bond acceptors (Lipinski definition) is 4. The van der Waals surface area contributed by atoms with Gasteiger partial charge in [0.2, 0.25) is 0 Å². The molecule has 0 aromatic carbocycles. The molecule has 0 unspecified atom stereocenters. The van der Waals surface area contributed by atoms with Gasteiger partial charge in [0.1, 0.15) is 0 Å². The Balaban J connectivity index is 4.25. The van der Waals surface area contributed by atoms with Gasteiger partial charge in [-0.2, -0.15) is 0 Å². The molecule has 0 aliphatic carbocycles. The van der Waals surface area contributed by atoms with Crippen LogP contribution in [0, 0.1) is 0 Å². The van der Waals surface area contributed by atoms with Gasteiger partial charge in [0.15, 0.2) is 0 Å². The maximum absolute atomic E-state index is 13.1. The van der Waals surface area contributed by atoms with Gasteiger partial charge in [-0.25, -0.2) is 0 Å². The third kappa shape index (κ3) is 17.9. The van der Waals surface area contributed by atoms with E-state index in [4.69, 9.17) is 13.4 Å². The van der Waals surface area contributed by atoms with Gasteiger partial charge in [-0.1, -0.05) is 0 Å². The quantitative estimate of drug-likeness (QED) is 0.170. The zero-order valence-corrected chi connectivity index (χ0v) is 20.2. The normalized spacial score (nSPS) is 14.3. The van der Waals surface area contributed by atoms with Gasteiger partial charge in [-0.3, -0.25) is 0 Å². The molecular weight excluding hydrogens is 366 g/mol. The number of phosphoric ester groups is 1. The number of hydrogen-bond donors (Lipinski definition) is 0. The molecule has 0 fully saturated rings. The van der Waals surface area contributed by atoms with Crippen molar-refractivity contribution in [1.82, 2.24) is 0 Å². The Labute approximate surface area is 163 Å². The summed E-state index contributed by atoms with van der Waals surface area (Å²) in [4.78, 5) is 0. The summed E-state index contributed by atoms with van der Waals surface area (Å²) < 4.78 is 30.3. The van der Waals surface area contributed by atoms with E-state index in [0.717, 1.165) is 25.7 Å². The van der Waals surface area contributed by atoms with Gasteiger partial charge < -0.3 is 0 Å². The first-order valence-electron chi connectivity index (χ1n) is 10.7. The van der Waals surface area contributed by atoms with Crippen molar-refractivity contribution in [3.63, 3.8) is 0 Å². The molecule has 26 heavy (non-hydrogen) atoms. The summed E-state index contributed by atoms with van der Waals surface area (Å²) in [6.45, 7) is 11.0. The van der Waals surface area contributed by atoms with Crippen molar-refractivity contribution in [3.8, 4) is 0 Å². The Morgan fingerprint density at radius 1 is 0.615 bits per heavy atom. The second-order valence-corrected chi connectivity index (χ2v) is 18.0. The molecule has 0 rings (SSSR count). The molecule has 0 amide bonds. The van der Waals surface area contributed by atoms with Crippen LogP contribution in [0.2, 0.25) is 0 Å². The molecule has 0 aromatic rings. The fourth-order valence-corrected chi connectivity index (χ4v) is 6.96. The molecule has 0 radical (unpaired) electrons. The molecule has 0 aliphatic heterocycles. The molecule has 0 atom stereocenters.